The largest absolute Gasteiger partial charge is 0.624 e. The molecule has 1 heterocycles. The van der Waals surface area contributed by atoms with Crippen molar-refractivity contribution >= 4 is 27.9 Å². The minimum Gasteiger partial charge on any atom is -0.624 e. The number of allylic oxidation sites excluding steroid dienone is 1. The number of halogens is 1. The number of hydrogen-bond donors (Lipinski definition) is 1. The number of alkyl halides is 1. The summed E-state index contributed by atoms with van der Waals surface area (Å²) in [6.07, 6.45) is 3.35. The highest BCUT2D eigenvalue weighted by atomic mass is 35.5. The maximum absolute atomic E-state index is 10.7. The third-order valence-corrected chi connectivity index (χ3v) is 3.35. The van der Waals surface area contributed by atoms with Gasteiger partial charge in [-0.2, -0.15) is 8.42 Å². The molecule has 68 valence electrons. The summed E-state index contributed by atoms with van der Waals surface area (Å²) in [5.74, 6) is 0. The Hall–Kier alpha value is -0.590. The summed E-state index contributed by atoms with van der Waals surface area (Å²) >= 11 is 5.46. The molecule has 1 N–H and O–H groups in total. The molecule has 0 aromatic rings. The molecule has 0 fully saturated rings. The quantitative estimate of drug-likeness (QED) is 0.286. The fourth-order valence-corrected chi connectivity index (χ4v) is 1.50. The molecule has 1 atom stereocenters. The highest BCUT2D eigenvalue weighted by Crippen LogP contribution is 2.25. The van der Waals surface area contributed by atoms with Crippen LogP contribution in [0.5, 0.6) is 0 Å². The lowest BCUT2D eigenvalue weighted by Gasteiger charge is -2.20. The van der Waals surface area contributed by atoms with E-state index in [1.54, 1.807) is 0 Å². The Balaban J connectivity index is 3.07. The van der Waals surface area contributed by atoms with E-state index in [1.165, 1.54) is 6.08 Å². The zero-order valence-corrected chi connectivity index (χ0v) is 7.42. The summed E-state index contributed by atoms with van der Waals surface area (Å²) < 4.78 is 28.2. The monoisotopic (exact) mass is 211 g/mol. The van der Waals surface area contributed by atoms with E-state index in [0.717, 1.165) is 12.3 Å². The van der Waals surface area contributed by atoms with Crippen molar-refractivity contribution in [2.24, 2.45) is 0 Å². The van der Waals surface area contributed by atoms with E-state index in [2.05, 4.69) is 0 Å². The molecule has 0 spiro atoms. The van der Waals surface area contributed by atoms with Crippen molar-refractivity contribution in [3.05, 3.63) is 17.4 Å². The van der Waals surface area contributed by atoms with Crippen LogP contribution in [-0.4, -0.2) is 34.7 Å². The van der Waals surface area contributed by atoms with Crippen molar-refractivity contribution in [2.45, 2.75) is 4.21 Å². The van der Waals surface area contributed by atoms with Gasteiger partial charge in [-0.3, -0.25) is 4.55 Å². The third kappa shape index (κ3) is 1.60. The Morgan fingerprint density at radius 1 is 1.67 bits per heavy atom. The first-order valence-electron chi connectivity index (χ1n) is 2.97. The molecule has 1 unspecified atom stereocenters. The minimum absolute atomic E-state index is 0.334. The van der Waals surface area contributed by atoms with Crippen molar-refractivity contribution in [3.8, 4) is 0 Å². The van der Waals surface area contributed by atoms with Crippen LogP contribution >= 0.6 is 11.6 Å². The molecule has 5 nitrogen and oxygen atoms in total. The lowest BCUT2D eigenvalue weighted by molar-refractivity contribution is -0.453. The number of hydroxylamine groups is 1. The van der Waals surface area contributed by atoms with E-state index in [4.69, 9.17) is 16.2 Å². The lowest BCUT2D eigenvalue weighted by atomic mass is 10.3. The van der Waals surface area contributed by atoms with Crippen molar-refractivity contribution in [2.75, 3.05) is 6.54 Å². The van der Waals surface area contributed by atoms with Gasteiger partial charge in [0, 0.05) is 6.08 Å². The van der Waals surface area contributed by atoms with Crippen molar-refractivity contribution < 1.29 is 17.7 Å². The van der Waals surface area contributed by atoms with E-state index in [0.29, 0.717) is 4.74 Å². The molecule has 0 saturated carbocycles. The van der Waals surface area contributed by atoms with Gasteiger partial charge in [0.05, 0.1) is 0 Å². The van der Waals surface area contributed by atoms with Gasteiger partial charge in [0.15, 0.2) is 12.8 Å². The van der Waals surface area contributed by atoms with Gasteiger partial charge in [0.1, 0.15) is 0 Å². The van der Waals surface area contributed by atoms with E-state index >= 15 is 0 Å². The Kier molecular flexibility index (Phi) is 2.15. The van der Waals surface area contributed by atoms with Crippen molar-refractivity contribution in [1.82, 2.24) is 0 Å². The molecule has 7 heteroatoms. The van der Waals surface area contributed by atoms with E-state index in [1.807, 2.05) is 0 Å². The first kappa shape index (κ1) is 9.50. The smallest absolute Gasteiger partial charge is 0.295 e. The second-order valence-electron chi connectivity index (χ2n) is 2.34. The fraction of sp³-hybridized carbons (Fsp3) is 0.400. The molecular weight excluding hydrogens is 206 g/mol. The minimum atomic E-state index is -4.44. The number of hydrogen-bond acceptors (Lipinski definition) is 3. The second-order valence-corrected chi connectivity index (χ2v) is 4.92. The summed E-state index contributed by atoms with van der Waals surface area (Å²) in [5, 5.41) is 10.7. The van der Waals surface area contributed by atoms with Gasteiger partial charge in [-0.15, -0.1) is 0 Å². The number of rotatable bonds is 1. The zero-order valence-electron chi connectivity index (χ0n) is 5.84. The lowest BCUT2D eigenvalue weighted by Crippen LogP contribution is -2.40. The van der Waals surface area contributed by atoms with Gasteiger partial charge in [0.25, 0.3) is 10.1 Å². The number of nitrogens with zero attached hydrogens (tertiary/aromatic N) is 1. The average molecular weight is 212 g/mol. The van der Waals surface area contributed by atoms with Crippen LogP contribution in [0.2, 0.25) is 0 Å². The highest BCUT2D eigenvalue weighted by Gasteiger charge is 2.43. The Morgan fingerprint density at radius 2 is 2.25 bits per heavy atom. The van der Waals surface area contributed by atoms with Gasteiger partial charge in [0.2, 0.25) is 4.21 Å². The summed E-state index contributed by atoms with van der Waals surface area (Å²) in [5.41, 5.74) is 0. The predicted octanol–water partition coefficient (Wildman–Crippen LogP) is -0.0398. The molecule has 1 aliphatic heterocycles. The van der Waals surface area contributed by atoms with Crippen LogP contribution in [0, 0.1) is 5.21 Å². The van der Waals surface area contributed by atoms with Gasteiger partial charge in [-0.1, -0.05) is 11.6 Å². The molecule has 0 aromatic carbocycles. The van der Waals surface area contributed by atoms with Crippen LogP contribution in [0.4, 0.5) is 0 Å². The van der Waals surface area contributed by atoms with E-state index in [9.17, 15) is 13.6 Å². The SMILES string of the molecule is O=S(=O)(O)C1(Cl)C=CC=[N+]([O-])C1. The van der Waals surface area contributed by atoms with E-state index in [-0.39, 0.29) is 0 Å². The first-order valence-corrected chi connectivity index (χ1v) is 4.79. The normalized spacial score (nSPS) is 30.0. The summed E-state index contributed by atoms with van der Waals surface area (Å²) in [6, 6.07) is 0. The predicted molar refractivity (Wildman–Crippen MR) is 43.8 cm³/mol. The van der Waals surface area contributed by atoms with Crippen LogP contribution in [0.25, 0.3) is 0 Å². The molecule has 0 aliphatic carbocycles. The van der Waals surface area contributed by atoms with Crippen molar-refractivity contribution in [1.29, 1.82) is 0 Å². The standard InChI is InChI=1S/C5H6ClNO4S/c6-5(12(9,10)11)2-1-3-7(8)4-5/h1-3H,4H2,(H,9,10,11). The Morgan fingerprint density at radius 3 is 2.58 bits per heavy atom. The summed E-state index contributed by atoms with van der Waals surface area (Å²) in [7, 11) is -4.44. The van der Waals surface area contributed by atoms with E-state index < -0.39 is 20.9 Å². The first-order chi connectivity index (χ1) is 5.35. The van der Waals surface area contributed by atoms with Crippen LogP contribution in [0.1, 0.15) is 0 Å². The fourth-order valence-electron chi connectivity index (χ4n) is 0.768. The highest BCUT2D eigenvalue weighted by molar-refractivity contribution is 7.88. The molecule has 0 aromatic heterocycles. The molecule has 1 rings (SSSR count). The Labute approximate surface area is 74.3 Å². The maximum Gasteiger partial charge on any atom is 0.295 e. The van der Waals surface area contributed by atoms with Gasteiger partial charge in [-0.25, -0.2) is 4.74 Å². The van der Waals surface area contributed by atoms with Gasteiger partial charge in [-0.05, 0) is 6.08 Å². The Bertz CT molecular complexity index is 346. The third-order valence-electron chi connectivity index (χ3n) is 1.40. The van der Waals surface area contributed by atoms with Crippen LogP contribution in [0.15, 0.2) is 12.2 Å². The zero-order chi connectivity index (χ0) is 9.41. The maximum atomic E-state index is 10.7. The molecule has 0 bridgehead atoms. The van der Waals surface area contributed by atoms with Gasteiger partial charge < -0.3 is 5.21 Å². The molecule has 0 amide bonds. The van der Waals surface area contributed by atoms with Crippen LogP contribution in [0.3, 0.4) is 0 Å². The second kappa shape index (κ2) is 2.72. The molecule has 0 saturated heterocycles. The van der Waals surface area contributed by atoms with Crippen molar-refractivity contribution in [3.63, 3.8) is 0 Å². The topological polar surface area (TPSA) is 80.4 Å². The molecular formula is C5H6ClNO4S. The molecule has 1 aliphatic rings. The molecule has 12 heavy (non-hydrogen) atoms. The summed E-state index contributed by atoms with van der Waals surface area (Å²) in [4.78, 5) is 0. The van der Waals surface area contributed by atoms with Crippen LogP contribution < -0.4 is 0 Å². The molecule has 0 radical (unpaired) electrons. The summed E-state index contributed by atoms with van der Waals surface area (Å²) in [6.45, 7) is -0.510. The average Bonchev–Trinajstić information content (AvgIpc) is 1.83. The van der Waals surface area contributed by atoms with Gasteiger partial charge >= 0.3 is 0 Å². The van der Waals surface area contributed by atoms with Crippen LogP contribution in [-0.2, 0) is 10.1 Å².